The van der Waals surface area contributed by atoms with E-state index in [9.17, 15) is 0 Å². The predicted octanol–water partition coefficient (Wildman–Crippen LogP) is 3.23. The summed E-state index contributed by atoms with van der Waals surface area (Å²) >= 11 is 0. The van der Waals surface area contributed by atoms with Gasteiger partial charge < -0.3 is 4.74 Å². The highest BCUT2D eigenvalue weighted by Gasteiger charge is 2.09. The molecule has 0 aliphatic heterocycles. The van der Waals surface area contributed by atoms with E-state index in [0.29, 0.717) is 13.0 Å². The molecule has 0 amide bonds. The fourth-order valence-electron chi connectivity index (χ4n) is 1.29. The van der Waals surface area contributed by atoms with Crippen molar-refractivity contribution in [3.63, 3.8) is 0 Å². The van der Waals surface area contributed by atoms with E-state index in [0.717, 1.165) is 5.56 Å². The van der Waals surface area contributed by atoms with Crippen LogP contribution < -0.4 is 0 Å². The number of nitrogens with zero attached hydrogens (tertiary/aromatic N) is 1. The molecule has 1 atom stereocenters. The smallest absolute Gasteiger partial charge is 0.0959 e. The lowest BCUT2D eigenvalue weighted by Crippen LogP contribution is -2.03. The Morgan fingerprint density at radius 1 is 1.40 bits per heavy atom. The minimum absolute atomic E-state index is 0.118. The molecule has 0 spiro atoms. The highest BCUT2D eigenvalue weighted by atomic mass is 16.5. The monoisotopic (exact) mass is 201 g/mol. The molecule has 0 fully saturated rings. The van der Waals surface area contributed by atoms with E-state index in [4.69, 9.17) is 10.00 Å². The first-order valence-electron chi connectivity index (χ1n) is 5.03. The number of hydrogen-bond donors (Lipinski definition) is 0. The van der Waals surface area contributed by atoms with Crippen molar-refractivity contribution in [3.05, 3.63) is 48.0 Å². The van der Waals surface area contributed by atoms with Crippen LogP contribution in [0.2, 0.25) is 0 Å². The minimum Gasteiger partial charge on any atom is -0.368 e. The van der Waals surface area contributed by atoms with Gasteiger partial charge >= 0.3 is 0 Å². The summed E-state index contributed by atoms with van der Waals surface area (Å²) < 4.78 is 5.60. The molecule has 0 saturated heterocycles. The summed E-state index contributed by atoms with van der Waals surface area (Å²) in [4.78, 5) is 0. The molecule has 0 aromatic heterocycles. The van der Waals surface area contributed by atoms with E-state index in [1.165, 1.54) is 0 Å². The Labute approximate surface area is 90.8 Å². The average Bonchev–Trinajstić information content (AvgIpc) is 2.29. The first kappa shape index (κ1) is 11.5. The van der Waals surface area contributed by atoms with Gasteiger partial charge in [-0.2, -0.15) is 5.26 Å². The van der Waals surface area contributed by atoms with Crippen molar-refractivity contribution in [3.8, 4) is 6.07 Å². The summed E-state index contributed by atoms with van der Waals surface area (Å²) in [6, 6.07) is 12.0. The third-order valence-electron chi connectivity index (χ3n) is 2.08. The van der Waals surface area contributed by atoms with Crippen LogP contribution in [0, 0.1) is 11.3 Å². The molecule has 0 N–H and O–H groups in total. The molecule has 1 aromatic rings. The maximum Gasteiger partial charge on any atom is 0.0959 e. The molecule has 78 valence electrons. The standard InChI is InChI=1S/C13H15NO/c1-2-3-11-15-13(9-10-14)12-7-5-4-6-8-12/h2-8,13H,9,11H2,1H3. The lowest BCUT2D eigenvalue weighted by molar-refractivity contribution is 0.0777. The van der Waals surface area contributed by atoms with Crippen molar-refractivity contribution in [2.45, 2.75) is 19.4 Å². The van der Waals surface area contributed by atoms with Gasteiger partial charge in [0.25, 0.3) is 0 Å². The van der Waals surface area contributed by atoms with Crippen molar-refractivity contribution in [1.82, 2.24) is 0 Å². The van der Waals surface area contributed by atoms with Gasteiger partial charge in [-0.25, -0.2) is 0 Å². The largest absolute Gasteiger partial charge is 0.368 e. The van der Waals surface area contributed by atoms with Crippen LogP contribution in [0.4, 0.5) is 0 Å². The molecular formula is C13H15NO. The quantitative estimate of drug-likeness (QED) is 0.685. The zero-order chi connectivity index (χ0) is 10.9. The van der Waals surface area contributed by atoms with Gasteiger partial charge in [-0.15, -0.1) is 0 Å². The van der Waals surface area contributed by atoms with Gasteiger partial charge in [0.05, 0.1) is 25.2 Å². The number of ether oxygens (including phenoxy) is 1. The second-order valence-corrected chi connectivity index (χ2v) is 3.16. The first-order valence-corrected chi connectivity index (χ1v) is 5.03. The van der Waals surface area contributed by atoms with E-state index >= 15 is 0 Å². The van der Waals surface area contributed by atoms with Crippen LogP contribution in [0.15, 0.2) is 42.5 Å². The van der Waals surface area contributed by atoms with Gasteiger partial charge in [0.1, 0.15) is 0 Å². The molecule has 2 nitrogen and oxygen atoms in total. The van der Waals surface area contributed by atoms with Gasteiger partial charge in [-0.1, -0.05) is 42.5 Å². The Hall–Kier alpha value is -1.59. The lowest BCUT2D eigenvalue weighted by Gasteiger charge is -2.13. The van der Waals surface area contributed by atoms with Crippen molar-refractivity contribution in [2.75, 3.05) is 6.61 Å². The van der Waals surface area contributed by atoms with Crippen LogP contribution in [0.5, 0.6) is 0 Å². The number of nitriles is 1. The third-order valence-corrected chi connectivity index (χ3v) is 2.08. The molecule has 0 aliphatic carbocycles. The maximum absolute atomic E-state index is 8.71. The van der Waals surface area contributed by atoms with Crippen LogP contribution in [-0.4, -0.2) is 6.61 Å². The van der Waals surface area contributed by atoms with Gasteiger partial charge in [-0.05, 0) is 12.5 Å². The normalized spacial score (nSPS) is 12.5. The molecule has 0 aliphatic rings. The number of allylic oxidation sites excluding steroid dienone is 1. The zero-order valence-corrected chi connectivity index (χ0v) is 8.89. The van der Waals surface area contributed by atoms with Gasteiger partial charge in [0, 0.05) is 0 Å². The van der Waals surface area contributed by atoms with Gasteiger partial charge in [0.15, 0.2) is 0 Å². The number of hydrogen-bond acceptors (Lipinski definition) is 2. The zero-order valence-electron chi connectivity index (χ0n) is 8.89. The highest BCUT2D eigenvalue weighted by Crippen LogP contribution is 2.20. The Morgan fingerprint density at radius 3 is 2.73 bits per heavy atom. The molecule has 0 bridgehead atoms. The van der Waals surface area contributed by atoms with Crippen LogP contribution >= 0.6 is 0 Å². The summed E-state index contributed by atoms with van der Waals surface area (Å²) in [6.07, 6.45) is 4.15. The van der Waals surface area contributed by atoms with E-state index in [1.54, 1.807) is 0 Å². The molecular weight excluding hydrogens is 186 g/mol. The number of benzene rings is 1. The molecule has 15 heavy (non-hydrogen) atoms. The SMILES string of the molecule is CC=CCOC(CC#N)c1ccccc1. The Kier molecular flexibility index (Phi) is 5.21. The second kappa shape index (κ2) is 6.80. The molecule has 2 heteroatoms. The van der Waals surface area contributed by atoms with E-state index in [-0.39, 0.29) is 6.10 Å². The van der Waals surface area contributed by atoms with Gasteiger partial charge in [0.2, 0.25) is 0 Å². The Balaban J connectivity index is 2.62. The van der Waals surface area contributed by atoms with Crippen LogP contribution in [-0.2, 0) is 4.74 Å². The summed E-state index contributed by atoms with van der Waals surface area (Å²) in [5.41, 5.74) is 1.06. The summed E-state index contributed by atoms with van der Waals surface area (Å²) in [5, 5.41) is 8.71. The summed E-state index contributed by atoms with van der Waals surface area (Å²) in [5.74, 6) is 0. The highest BCUT2D eigenvalue weighted by molar-refractivity contribution is 5.18. The molecule has 1 rings (SSSR count). The molecule has 1 aromatic carbocycles. The fraction of sp³-hybridized carbons (Fsp3) is 0.308. The number of rotatable bonds is 5. The molecule has 0 radical (unpaired) electrons. The average molecular weight is 201 g/mol. The Morgan fingerprint density at radius 2 is 2.13 bits per heavy atom. The molecule has 0 saturated carbocycles. The summed E-state index contributed by atoms with van der Waals surface area (Å²) in [6.45, 7) is 2.50. The van der Waals surface area contributed by atoms with Crippen molar-refractivity contribution >= 4 is 0 Å². The van der Waals surface area contributed by atoms with E-state index in [1.807, 2.05) is 49.4 Å². The van der Waals surface area contributed by atoms with Crippen LogP contribution in [0.25, 0.3) is 0 Å². The lowest BCUT2D eigenvalue weighted by atomic mass is 10.1. The van der Waals surface area contributed by atoms with Crippen molar-refractivity contribution in [2.24, 2.45) is 0 Å². The topological polar surface area (TPSA) is 33.0 Å². The molecule has 0 heterocycles. The van der Waals surface area contributed by atoms with Crippen LogP contribution in [0.3, 0.4) is 0 Å². The first-order chi connectivity index (χ1) is 7.38. The summed E-state index contributed by atoms with van der Waals surface area (Å²) in [7, 11) is 0. The van der Waals surface area contributed by atoms with E-state index < -0.39 is 0 Å². The third kappa shape index (κ3) is 3.97. The molecule has 1 unspecified atom stereocenters. The van der Waals surface area contributed by atoms with E-state index in [2.05, 4.69) is 6.07 Å². The predicted molar refractivity (Wildman–Crippen MR) is 60.2 cm³/mol. The maximum atomic E-state index is 8.71. The van der Waals surface area contributed by atoms with Crippen LogP contribution in [0.1, 0.15) is 25.0 Å². The Bertz CT molecular complexity index is 337. The fourth-order valence-corrected chi connectivity index (χ4v) is 1.29. The van der Waals surface area contributed by atoms with Crippen molar-refractivity contribution in [1.29, 1.82) is 5.26 Å². The van der Waals surface area contributed by atoms with Crippen molar-refractivity contribution < 1.29 is 4.74 Å². The van der Waals surface area contributed by atoms with Gasteiger partial charge in [-0.3, -0.25) is 0 Å². The minimum atomic E-state index is -0.118. The second-order valence-electron chi connectivity index (χ2n) is 3.16.